The number of benzene rings is 2. The normalized spacial score (nSPS) is 11.5. The van der Waals surface area contributed by atoms with E-state index in [9.17, 15) is 4.79 Å². The van der Waals surface area contributed by atoms with Crippen LogP contribution in [0.5, 0.6) is 0 Å². The number of carbonyl (C=O) groups is 1. The van der Waals surface area contributed by atoms with E-state index in [-0.39, 0.29) is 5.97 Å². The molecule has 0 unspecified atom stereocenters. The Morgan fingerprint density at radius 3 is 2.54 bits per heavy atom. The van der Waals surface area contributed by atoms with Crippen LogP contribution in [0.2, 0.25) is 0 Å². The quantitative estimate of drug-likeness (QED) is 0.561. The maximum absolute atomic E-state index is 11.8. The molecule has 5 heteroatoms. The van der Waals surface area contributed by atoms with Gasteiger partial charge in [0.2, 0.25) is 0 Å². The van der Waals surface area contributed by atoms with Crippen molar-refractivity contribution in [3.05, 3.63) is 65.2 Å². The summed E-state index contributed by atoms with van der Waals surface area (Å²) in [4.78, 5) is 11.8. The Morgan fingerprint density at radius 1 is 1.15 bits per heavy atom. The van der Waals surface area contributed by atoms with Crippen molar-refractivity contribution in [2.24, 2.45) is 5.92 Å². The molecule has 0 bridgehead atoms. The number of carbonyl (C=O) groups excluding carboxylic acids is 1. The molecule has 0 radical (unpaired) electrons. The molecule has 2 rings (SSSR count). The monoisotopic (exact) mass is 370 g/mol. The summed E-state index contributed by atoms with van der Waals surface area (Å²) in [5.41, 5.74) is 3.50. The SMILES string of the molecule is CC[C@H](CNC(=S)Nc1cccc(C(=O)OC)c1C)Cc1ccccc1. The number of hydrogen-bond acceptors (Lipinski definition) is 3. The zero-order chi connectivity index (χ0) is 18.9. The van der Waals surface area contributed by atoms with E-state index in [0.29, 0.717) is 16.6 Å². The van der Waals surface area contributed by atoms with Gasteiger partial charge in [-0.1, -0.05) is 49.7 Å². The lowest BCUT2D eigenvalue weighted by Crippen LogP contribution is -2.33. The van der Waals surface area contributed by atoms with Crippen LogP contribution in [0.3, 0.4) is 0 Å². The number of hydrogen-bond donors (Lipinski definition) is 2. The molecular formula is C21H26N2O2S. The van der Waals surface area contributed by atoms with Gasteiger partial charge >= 0.3 is 5.97 Å². The van der Waals surface area contributed by atoms with Crippen LogP contribution in [-0.4, -0.2) is 24.7 Å². The van der Waals surface area contributed by atoms with E-state index >= 15 is 0 Å². The van der Waals surface area contributed by atoms with E-state index in [1.165, 1.54) is 12.7 Å². The summed E-state index contributed by atoms with van der Waals surface area (Å²) in [6.07, 6.45) is 2.09. The van der Waals surface area contributed by atoms with Crippen molar-refractivity contribution >= 4 is 29.0 Å². The van der Waals surface area contributed by atoms with E-state index < -0.39 is 0 Å². The summed E-state index contributed by atoms with van der Waals surface area (Å²) >= 11 is 5.43. The van der Waals surface area contributed by atoms with Gasteiger partial charge in [0.1, 0.15) is 0 Å². The molecule has 0 heterocycles. The summed E-state index contributed by atoms with van der Waals surface area (Å²) in [6, 6.07) is 15.9. The lowest BCUT2D eigenvalue weighted by Gasteiger charge is -2.19. The Bertz CT molecular complexity index is 747. The van der Waals surface area contributed by atoms with E-state index in [2.05, 4.69) is 41.8 Å². The molecule has 0 aromatic heterocycles. The van der Waals surface area contributed by atoms with E-state index in [4.69, 9.17) is 17.0 Å². The topological polar surface area (TPSA) is 50.4 Å². The van der Waals surface area contributed by atoms with Gasteiger partial charge in [-0.25, -0.2) is 4.79 Å². The Labute approximate surface area is 161 Å². The second-order valence-corrected chi connectivity index (χ2v) is 6.68. The highest BCUT2D eigenvalue weighted by molar-refractivity contribution is 7.80. The number of esters is 1. The number of methoxy groups -OCH3 is 1. The van der Waals surface area contributed by atoms with Crippen LogP contribution in [-0.2, 0) is 11.2 Å². The number of anilines is 1. The van der Waals surface area contributed by atoms with Gasteiger partial charge in [-0.2, -0.15) is 0 Å². The van der Waals surface area contributed by atoms with Crippen LogP contribution in [0.15, 0.2) is 48.5 Å². The van der Waals surface area contributed by atoms with Crippen LogP contribution in [0, 0.1) is 12.8 Å². The molecule has 0 aliphatic rings. The van der Waals surface area contributed by atoms with Gasteiger partial charge in [0, 0.05) is 12.2 Å². The first-order valence-corrected chi connectivity index (χ1v) is 9.22. The van der Waals surface area contributed by atoms with Gasteiger partial charge in [-0.15, -0.1) is 0 Å². The molecule has 0 aliphatic carbocycles. The van der Waals surface area contributed by atoms with Crippen molar-refractivity contribution in [3.8, 4) is 0 Å². The summed E-state index contributed by atoms with van der Waals surface area (Å²) in [7, 11) is 1.38. The van der Waals surface area contributed by atoms with Gasteiger partial charge in [-0.3, -0.25) is 0 Å². The van der Waals surface area contributed by atoms with Gasteiger partial charge in [-0.05, 0) is 54.7 Å². The lowest BCUT2D eigenvalue weighted by atomic mass is 9.97. The zero-order valence-electron chi connectivity index (χ0n) is 15.5. The zero-order valence-corrected chi connectivity index (χ0v) is 16.4. The Hall–Kier alpha value is -2.40. The minimum absolute atomic E-state index is 0.348. The standard InChI is InChI=1S/C21H26N2O2S/c1-4-16(13-17-9-6-5-7-10-17)14-22-21(26)23-19-12-8-11-18(15(19)2)20(24)25-3/h5-12,16H,4,13-14H2,1-3H3,(H2,22,23,26)/t16-/m0/s1. The average molecular weight is 371 g/mol. The Balaban J connectivity index is 1.93. The molecule has 2 aromatic carbocycles. The number of ether oxygens (including phenoxy) is 1. The molecule has 0 saturated heterocycles. The highest BCUT2D eigenvalue weighted by Crippen LogP contribution is 2.19. The van der Waals surface area contributed by atoms with Crippen LogP contribution < -0.4 is 10.6 Å². The average Bonchev–Trinajstić information content (AvgIpc) is 2.67. The molecule has 26 heavy (non-hydrogen) atoms. The fraction of sp³-hybridized carbons (Fsp3) is 0.333. The molecule has 138 valence electrons. The van der Waals surface area contributed by atoms with E-state index in [0.717, 1.165) is 30.6 Å². The lowest BCUT2D eigenvalue weighted by molar-refractivity contribution is 0.0600. The Morgan fingerprint density at radius 2 is 1.88 bits per heavy atom. The number of thiocarbonyl (C=S) groups is 1. The summed E-state index contributed by atoms with van der Waals surface area (Å²) in [6.45, 7) is 4.87. The van der Waals surface area contributed by atoms with Crippen LogP contribution >= 0.6 is 12.2 Å². The molecule has 0 aliphatic heterocycles. The summed E-state index contributed by atoms with van der Waals surface area (Å²) in [5, 5.41) is 7.04. The second kappa shape index (κ2) is 9.92. The number of rotatable bonds is 7. The maximum atomic E-state index is 11.8. The number of nitrogens with one attached hydrogen (secondary N) is 2. The van der Waals surface area contributed by atoms with E-state index in [1.807, 2.05) is 25.1 Å². The summed E-state index contributed by atoms with van der Waals surface area (Å²) in [5.74, 6) is 0.151. The first-order chi connectivity index (χ1) is 12.5. The molecule has 0 saturated carbocycles. The fourth-order valence-corrected chi connectivity index (χ4v) is 3.01. The third kappa shape index (κ3) is 5.56. The first kappa shape index (κ1) is 19.9. The first-order valence-electron chi connectivity index (χ1n) is 8.81. The van der Waals surface area contributed by atoms with Gasteiger partial charge in [0.15, 0.2) is 5.11 Å². The maximum Gasteiger partial charge on any atom is 0.338 e. The highest BCUT2D eigenvalue weighted by Gasteiger charge is 2.13. The van der Waals surface area contributed by atoms with Crippen molar-refractivity contribution in [1.29, 1.82) is 0 Å². The van der Waals surface area contributed by atoms with E-state index in [1.54, 1.807) is 6.07 Å². The molecule has 0 fully saturated rings. The minimum Gasteiger partial charge on any atom is -0.465 e. The molecular weight excluding hydrogens is 344 g/mol. The molecule has 4 nitrogen and oxygen atoms in total. The molecule has 2 N–H and O–H groups in total. The minimum atomic E-state index is -0.348. The predicted octanol–water partition coefficient (Wildman–Crippen LogP) is 4.34. The third-order valence-corrected chi connectivity index (χ3v) is 4.73. The van der Waals surface area contributed by atoms with Gasteiger partial charge in [0.25, 0.3) is 0 Å². The Kier molecular flexibility index (Phi) is 7.60. The third-order valence-electron chi connectivity index (χ3n) is 4.48. The molecule has 0 spiro atoms. The molecule has 0 amide bonds. The van der Waals surface area contributed by atoms with Gasteiger partial charge in [0.05, 0.1) is 12.7 Å². The van der Waals surface area contributed by atoms with Crippen LogP contribution in [0.25, 0.3) is 0 Å². The van der Waals surface area contributed by atoms with Crippen molar-refractivity contribution in [3.63, 3.8) is 0 Å². The second-order valence-electron chi connectivity index (χ2n) is 6.27. The smallest absolute Gasteiger partial charge is 0.338 e. The van der Waals surface area contributed by atoms with Crippen LogP contribution in [0.4, 0.5) is 5.69 Å². The van der Waals surface area contributed by atoms with Crippen molar-refractivity contribution in [2.75, 3.05) is 19.0 Å². The van der Waals surface area contributed by atoms with Crippen molar-refractivity contribution < 1.29 is 9.53 Å². The van der Waals surface area contributed by atoms with Gasteiger partial charge < -0.3 is 15.4 Å². The predicted molar refractivity (Wildman–Crippen MR) is 111 cm³/mol. The summed E-state index contributed by atoms with van der Waals surface area (Å²) < 4.78 is 4.81. The van der Waals surface area contributed by atoms with Crippen molar-refractivity contribution in [2.45, 2.75) is 26.7 Å². The molecule has 2 aromatic rings. The molecule has 1 atom stereocenters. The van der Waals surface area contributed by atoms with Crippen LogP contribution in [0.1, 0.15) is 34.8 Å². The largest absolute Gasteiger partial charge is 0.465 e. The fourth-order valence-electron chi connectivity index (χ4n) is 2.81. The van der Waals surface area contributed by atoms with Crippen molar-refractivity contribution in [1.82, 2.24) is 5.32 Å². The highest BCUT2D eigenvalue weighted by atomic mass is 32.1.